The minimum atomic E-state index is -0.643. The van der Waals surface area contributed by atoms with Gasteiger partial charge in [0.2, 0.25) is 23.6 Å². The third-order valence-corrected chi connectivity index (χ3v) is 14.2. The van der Waals surface area contributed by atoms with Crippen LogP contribution >= 0.6 is 0 Å². The molecule has 4 aromatic rings. The van der Waals surface area contributed by atoms with Crippen LogP contribution in [0.15, 0.2) is 60.7 Å². The summed E-state index contributed by atoms with van der Waals surface area (Å²) in [5, 5.41) is 8.75. The second kappa shape index (κ2) is 18.4. The number of rotatable bonds is 9. The topological polar surface area (TPSA) is 189 Å². The first-order valence-corrected chi connectivity index (χ1v) is 23.3. The van der Waals surface area contributed by atoms with Gasteiger partial charge in [-0.2, -0.15) is 0 Å². The van der Waals surface area contributed by atoms with Crippen LogP contribution in [0, 0.1) is 17.7 Å². The molecule has 5 saturated heterocycles. The van der Waals surface area contributed by atoms with Gasteiger partial charge in [-0.3, -0.25) is 44.3 Å². The average Bonchev–Trinajstić information content (AvgIpc) is 4.15. The molecule has 2 unspecified atom stereocenters. The molecule has 350 valence electrons. The van der Waals surface area contributed by atoms with Gasteiger partial charge in [-0.1, -0.05) is 19.9 Å². The fourth-order valence-electron chi connectivity index (χ4n) is 10.5. The normalized spacial score (nSPS) is 27.2. The quantitative estimate of drug-likeness (QED) is 0.206. The highest BCUT2D eigenvalue weighted by molar-refractivity contribution is 6.06. The van der Waals surface area contributed by atoms with Gasteiger partial charge >= 0.3 is 0 Å². The van der Waals surface area contributed by atoms with Gasteiger partial charge in [0, 0.05) is 105 Å². The number of ether oxygens (including phenoxy) is 3. The van der Waals surface area contributed by atoms with E-state index in [1.807, 2.05) is 36.4 Å². The van der Waals surface area contributed by atoms with E-state index in [-0.39, 0.29) is 72.2 Å². The van der Waals surface area contributed by atoms with Crippen LogP contribution in [0.2, 0.25) is 0 Å². The van der Waals surface area contributed by atoms with E-state index in [1.165, 1.54) is 4.90 Å². The number of hydrogen-bond acceptors (Lipinski definition) is 12. The maximum atomic E-state index is 15.1. The summed E-state index contributed by atoms with van der Waals surface area (Å²) in [6, 6.07) is 17.3. The lowest BCUT2D eigenvalue weighted by Crippen LogP contribution is -2.52. The van der Waals surface area contributed by atoms with Crippen molar-refractivity contribution >= 4 is 46.3 Å². The van der Waals surface area contributed by atoms with Crippen LogP contribution in [0.1, 0.15) is 95.0 Å². The molecule has 0 spiro atoms. The van der Waals surface area contributed by atoms with E-state index in [0.29, 0.717) is 73.9 Å². The number of piperidine rings is 2. The maximum Gasteiger partial charge on any atom is 0.255 e. The Balaban J connectivity index is 0.000000179. The molecule has 0 radical (unpaired) electrons. The van der Waals surface area contributed by atoms with Crippen molar-refractivity contribution < 1.29 is 47.4 Å². The zero-order valence-corrected chi connectivity index (χ0v) is 37.6. The van der Waals surface area contributed by atoms with Gasteiger partial charge in [0.05, 0.1) is 6.61 Å². The summed E-state index contributed by atoms with van der Waals surface area (Å²) in [5.74, 6) is 0.291. The van der Waals surface area contributed by atoms with Gasteiger partial charge in [-0.15, -0.1) is 0 Å². The second-order valence-corrected chi connectivity index (χ2v) is 19.0. The number of nitrogens with zero attached hydrogens (tertiary/aromatic N) is 4. The molecule has 0 saturated carbocycles. The van der Waals surface area contributed by atoms with Gasteiger partial charge < -0.3 is 29.3 Å². The number of likely N-dealkylation sites (tertiary alicyclic amines) is 1. The first-order valence-electron chi connectivity index (χ1n) is 23.3. The molecular formula is C50H54FN7O9. The Morgan fingerprint density at radius 3 is 1.91 bits per heavy atom. The highest BCUT2D eigenvalue weighted by atomic mass is 19.1. The summed E-state index contributed by atoms with van der Waals surface area (Å²) in [6.07, 6.45) is 2.17. The lowest BCUT2D eigenvalue weighted by molar-refractivity contribution is -0.138. The Hall–Kier alpha value is -6.30. The number of imide groups is 2. The van der Waals surface area contributed by atoms with Crippen molar-refractivity contribution in [3.63, 3.8) is 0 Å². The zero-order valence-electron chi connectivity index (χ0n) is 37.6. The monoisotopic (exact) mass is 915 g/mol. The Bertz CT molecular complexity index is 2670. The van der Waals surface area contributed by atoms with E-state index in [9.17, 15) is 28.8 Å². The SMILES string of the molecule is C[C@@H]1CN(Cc2cc(F)c3nc([C@H]4CCOC4)ccc3c2)C[C@H]1Oc1ccc2c(c1)CN(C1CCC(=O)NC1=O)C2=O.C[C@@H]1CNC[C@H]1Oc1ccc2c(c1)CN(C1CCC(=O)NC1=O)C2=O. The van der Waals surface area contributed by atoms with Crippen LogP contribution in [0.3, 0.4) is 0 Å². The lowest BCUT2D eigenvalue weighted by atomic mass is 10.0. The van der Waals surface area contributed by atoms with Gasteiger partial charge in [0.1, 0.15) is 47.1 Å². The summed E-state index contributed by atoms with van der Waals surface area (Å²) in [6.45, 7) is 10.2. The number of carbonyl (C=O) groups is 6. The van der Waals surface area contributed by atoms with E-state index in [2.05, 4.69) is 39.7 Å². The van der Waals surface area contributed by atoms with E-state index in [1.54, 1.807) is 29.2 Å². The molecule has 8 heterocycles. The van der Waals surface area contributed by atoms with Gasteiger partial charge in [0.15, 0.2) is 0 Å². The molecular weight excluding hydrogens is 862 g/mol. The number of amides is 6. The Kier molecular flexibility index (Phi) is 12.2. The van der Waals surface area contributed by atoms with E-state index >= 15 is 4.39 Å². The molecule has 7 atom stereocenters. The van der Waals surface area contributed by atoms with Crippen LogP contribution in [0.4, 0.5) is 4.39 Å². The molecule has 0 aliphatic carbocycles. The van der Waals surface area contributed by atoms with Crippen molar-refractivity contribution in [2.75, 3.05) is 39.4 Å². The van der Waals surface area contributed by atoms with E-state index in [0.717, 1.165) is 66.2 Å². The minimum absolute atomic E-state index is 0.0606. The van der Waals surface area contributed by atoms with Gasteiger partial charge in [0.25, 0.3) is 11.8 Å². The average molecular weight is 916 g/mol. The fourth-order valence-corrected chi connectivity index (χ4v) is 10.5. The molecule has 3 aromatic carbocycles. The Morgan fingerprint density at radius 2 is 1.34 bits per heavy atom. The Labute approximate surface area is 386 Å². The standard InChI is InChI=1S/C32H33FN4O5.C18H21N3O4/c1-18-13-36(14-19-10-20-2-5-26(21-8-9-41-17-21)34-30(20)25(33)11-19)16-28(18)42-23-3-4-24-22(12-23)15-37(32(24)40)27-6-7-29(38)35-31(27)39;1-10-7-19-8-15(10)25-12-2-3-13-11(6-12)9-21(18(13)24)14-4-5-16(22)20-17(14)23/h2-5,10-12,18,21,27-28H,6-9,13-17H2,1H3,(H,35,38,39);2-3,6,10,14-15,19H,4-5,7-9H2,1H3,(H,20,22,23)/t18-,21+,27?,28-;10-,14?,15-/m11/s1. The summed E-state index contributed by atoms with van der Waals surface area (Å²) >= 11 is 0. The predicted octanol–water partition coefficient (Wildman–Crippen LogP) is 3.97. The molecule has 16 nitrogen and oxygen atoms in total. The largest absolute Gasteiger partial charge is 0.489 e. The second-order valence-electron chi connectivity index (χ2n) is 19.0. The summed E-state index contributed by atoms with van der Waals surface area (Å²) in [4.78, 5) is 82.9. The number of pyridine rings is 1. The molecule has 7 aliphatic heterocycles. The molecule has 67 heavy (non-hydrogen) atoms. The zero-order chi connectivity index (χ0) is 46.5. The molecule has 3 N–H and O–H groups in total. The molecule has 0 bridgehead atoms. The summed E-state index contributed by atoms with van der Waals surface area (Å²) < 4.78 is 33.1. The highest BCUT2D eigenvalue weighted by Gasteiger charge is 2.41. The van der Waals surface area contributed by atoms with Crippen LogP contribution in [-0.2, 0) is 43.5 Å². The minimum Gasteiger partial charge on any atom is -0.489 e. The molecule has 7 aliphatic rings. The molecule has 1 aromatic heterocycles. The highest BCUT2D eigenvalue weighted by Crippen LogP contribution is 2.34. The van der Waals surface area contributed by atoms with E-state index in [4.69, 9.17) is 14.2 Å². The number of fused-ring (bicyclic) bond motifs is 3. The van der Waals surface area contributed by atoms with E-state index < -0.39 is 18.0 Å². The smallest absolute Gasteiger partial charge is 0.255 e. The third-order valence-electron chi connectivity index (χ3n) is 14.2. The number of carbonyl (C=O) groups excluding carboxylic acids is 6. The van der Waals surface area contributed by atoms with Crippen molar-refractivity contribution in [1.82, 2.24) is 35.6 Å². The number of halogens is 1. The van der Waals surface area contributed by atoms with Crippen molar-refractivity contribution in [1.29, 1.82) is 0 Å². The van der Waals surface area contributed by atoms with Crippen LogP contribution in [0.25, 0.3) is 10.9 Å². The van der Waals surface area contributed by atoms with Crippen molar-refractivity contribution in [3.8, 4) is 11.5 Å². The molecule has 11 rings (SSSR count). The van der Waals surface area contributed by atoms with Crippen molar-refractivity contribution in [2.45, 2.75) is 95.8 Å². The predicted molar refractivity (Wildman–Crippen MR) is 240 cm³/mol. The van der Waals surface area contributed by atoms with Crippen LogP contribution < -0.4 is 25.4 Å². The molecule has 6 amide bonds. The van der Waals surface area contributed by atoms with Crippen molar-refractivity contribution in [2.24, 2.45) is 11.8 Å². The number of benzene rings is 3. The third kappa shape index (κ3) is 9.11. The summed E-state index contributed by atoms with van der Waals surface area (Å²) in [7, 11) is 0. The summed E-state index contributed by atoms with van der Waals surface area (Å²) in [5.41, 5.74) is 5.04. The van der Waals surface area contributed by atoms with Gasteiger partial charge in [-0.05, 0) is 90.6 Å². The van der Waals surface area contributed by atoms with Crippen LogP contribution in [-0.4, -0.2) is 119 Å². The molecule has 5 fully saturated rings. The number of aromatic nitrogens is 1. The fraction of sp³-hybridized carbons (Fsp3) is 0.460. The first kappa shape index (κ1) is 44.5. The Morgan fingerprint density at radius 1 is 0.716 bits per heavy atom. The number of hydrogen-bond donors (Lipinski definition) is 3. The van der Waals surface area contributed by atoms with Gasteiger partial charge in [-0.25, -0.2) is 9.37 Å². The van der Waals surface area contributed by atoms with Crippen LogP contribution in [0.5, 0.6) is 11.5 Å². The number of nitrogens with one attached hydrogen (secondary N) is 3. The van der Waals surface area contributed by atoms with Crippen molar-refractivity contribution in [3.05, 3.63) is 100.0 Å². The first-order chi connectivity index (χ1) is 32.3. The lowest BCUT2D eigenvalue weighted by Gasteiger charge is -2.29. The molecule has 17 heteroatoms. The maximum absolute atomic E-state index is 15.1.